The number of imidazole rings is 1. The van der Waals surface area contributed by atoms with Gasteiger partial charge in [0.1, 0.15) is 17.1 Å². The number of para-hydroxylation sites is 1. The van der Waals surface area contributed by atoms with Crippen LogP contribution < -0.4 is 15.2 Å². The minimum atomic E-state index is -3.53. The quantitative estimate of drug-likeness (QED) is 0.409. The number of nitrogens with zero attached hydrogens (tertiary/aromatic N) is 3. The molecule has 0 saturated carbocycles. The lowest BCUT2D eigenvalue weighted by Gasteiger charge is -2.26. The minimum absolute atomic E-state index is 0.0340. The van der Waals surface area contributed by atoms with Gasteiger partial charge >= 0.3 is 0 Å². The third-order valence-electron chi connectivity index (χ3n) is 5.62. The number of aromatic nitrogens is 3. The van der Waals surface area contributed by atoms with Crippen molar-refractivity contribution < 1.29 is 13.2 Å². The highest BCUT2D eigenvalue weighted by molar-refractivity contribution is 7.89. The van der Waals surface area contributed by atoms with E-state index in [1.807, 2.05) is 69.3 Å². The number of anilines is 1. The number of sulfonamides is 1. The molecule has 0 radical (unpaired) electrons. The van der Waals surface area contributed by atoms with E-state index in [0.717, 1.165) is 33.6 Å². The van der Waals surface area contributed by atoms with Crippen LogP contribution in [0, 0.1) is 12.3 Å². The molecule has 8 nitrogen and oxygen atoms in total. The summed E-state index contributed by atoms with van der Waals surface area (Å²) >= 11 is 0. The van der Waals surface area contributed by atoms with Crippen LogP contribution in [0.4, 0.5) is 5.82 Å². The molecule has 9 heteroatoms. The third kappa shape index (κ3) is 4.94. The summed E-state index contributed by atoms with van der Waals surface area (Å²) in [5.41, 5.74) is 8.79. The molecule has 0 aliphatic rings. The summed E-state index contributed by atoms with van der Waals surface area (Å²) in [6.45, 7) is 6.48. The first-order valence-corrected chi connectivity index (χ1v) is 12.4. The molecule has 0 aliphatic heterocycles. The van der Waals surface area contributed by atoms with E-state index in [1.165, 1.54) is 0 Å². The van der Waals surface area contributed by atoms with Gasteiger partial charge in [0.25, 0.3) is 0 Å². The number of hydrogen-bond donors (Lipinski definition) is 2. The van der Waals surface area contributed by atoms with Crippen molar-refractivity contribution in [2.24, 2.45) is 5.41 Å². The molecule has 174 valence electrons. The lowest BCUT2D eigenvalue weighted by Crippen LogP contribution is -2.36. The Balaban J connectivity index is 1.57. The van der Waals surface area contributed by atoms with Gasteiger partial charge in [-0.3, -0.25) is 0 Å². The molecule has 4 rings (SSSR count). The summed E-state index contributed by atoms with van der Waals surface area (Å²) in [7, 11) is -1.93. The molecule has 2 heterocycles. The zero-order valence-corrected chi connectivity index (χ0v) is 20.1. The maximum atomic E-state index is 12.9. The molecule has 4 aromatic rings. The van der Waals surface area contributed by atoms with Crippen molar-refractivity contribution in [3.63, 3.8) is 0 Å². The van der Waals surface area contributed by atoms with E-state index in [4.69, 9.17) is 10.5 Å². The Kier molecular flexibility index (Phi) is 6.02. The maximum absolute atomic E-state index is 12.9. The first kappa shape index (κ1) is 23.0. The minimum Gasteiger partial charge on any atom is -0.497 e. The van der Waals surface area contributed by atoms with Crippen molar-refractivity contribution in [1.82, 2.24) is 19.3 Å². The smallest absolute Gasteiger partial charge is 0.212 e. The fourth-order valence-electron chi connectivity index (χ4n) is 4.14. The molecular weight excluding hydrogens is 438 g/mol. The van der Waals surface area contributed by atoms with Gasteiger partial charge in [-0.2, -0.15) is 0 Å². The van der Waals surface area contributed by atoms with E-state index in [2.05, 4.69) is 19.3 Å². The van der Waals surface area contributed by atoms with E-state index < -0.39 is 15.4 Å². The number of nitrogen functional groups attached to an aromatic ring is 1. The highest BCUT2D eigenvalue weighted by Crippen LogP contribution is 2.31. The number of rotatable bonds is 8. The molecule has 0 bridgehead atoms. The fourth-order valence-corrected chi connectivity index (χ4v) is 5.75. The Labute approximate surface area is 193 Å². The van der Waals surface area contributed by atoms with Crippen molar-refractivity contribution >= 4 is 37.8 Å². The van der Waals surface area contributed by atoms with Gasteiger partial charge in [0.15, 0.2) is 5.82 Å². The predicted octanol–water partition coefficient (Wildman–Crippen LogP) is 3.63. The summed E-state index contributed by atoms with van der Waals surface area (Å²) in [6.07, 6.45) is 0. The highest BCUT2D eigenvalue weighted by atomic mass is 32.2. The summed E-state index contributed by atoms with van der Waals surface area (Å²) in [6, 6.07) is 15.1. The van der Waals surface area contributed by atoms with Gasteiger partial charge < -0.3 is 15.0 Å². The molecule has 2 aromatic carbocycles. The van der Waals surface area contributed by atoms with Crippen LogP contribution in [0.5, 0.6) is 5.75 Å². The molecule has 2 aromatic heterocycles. The Morgan fingerprint density at radius 2 is 1.79 bits per heavy atom. The van der Waals surface area contributed by atoms with Gasteiger partial charge in [-0.05, 0) is 36.1 Å². The van der Waals surface area contributed by atoms with Gasteiger partial charge in [0, 0.05) is 18.5 Å². The zero-order valence-electron chi connectivity index (χ0n) is 19.3. The topological polar surface area (TPSA) is 112 Å². The van der Waals surface area contributed by atoms with Crippen LogP contribution >= 0.6 is 0 Å². The number of hydrogen-bond acceptors (Lipinski definition) is 6. The van der Waals surface area contributed by atoms with E-state index in [-0.39, 0.29) is 12.3 Å². The van der Waals surface area contributed by atoms with Crippen molar-refractivity contribution in [3.8, 4) is 5.75 Å². The lowest BCUT2D eigenvalue weighted by atomic mass is 9.96. The van der Waals surface area contributed by atoms with Crippen LogP contribution in [0.3, 0.4) is 0 Å². The van der Waals surface area contributed by atoms with Gasteiger partial charge in [0.05, 0.1) is 23.9 Å². The average molecular weight is 468 g/mol. The second-order valence-electron chi connectivity index (χ2n) is 9.05. The van der Waals surface area contributed by atoms with E-state index in [1.54, 1.807) is 7.11 Å². The first-order chi connectivity index (χ1) is 15.6. The van der Waals surface area contributed by atoms with Gasteiger partial charge in [0.2, 0.25) is 10.0 Å². The van der Waals surface area contributed by atoms with E-state index >= 15 is 0 Å². The third-order valence-corrected chi connectivity index (χ3v) is 7.37. The van der Waals surface area contributed by atoms with Crippen LogP contribution in [0.1, 0.15) is 25.2 Å². The molecule has 0 unspecified atom stereocenters. The molecule has 0 fully saturated rings. The molecule has 3 N–H and O–H groups in total. The number of pyridine rings is 1. The first-order valence-electron chi connectivity index (χ1n) is 10.7. The number of fused-ring (bicyclic) bond motifs is 3. The molecule has 0 saturated heterocycles. The molecular formula is C24H29N5O3S. The molecule has 33 heavy (non-hydrogen) atoms. The zero-order chi connectivity index (χ0) is 23.8. The average Bonchev–Trinajstić information content (AvgIpc) is 3.08. The Morgan fingerprint density at radius 3 is 2.48 bits per heavy atom. The molecule has 0 aliphatic carbocycles. The SMILES string of the molecule is COc1ccc(CNS(=O)(=O)CC(C)(C)Cn2c(C)nc3c(N)nc4ccccc4c32)cc1. The summed E-state index contributed by atoms with van der Waals surface area (Å²) in [4.78, 5) is 9.10. The van der Waals surface area contributed by atoms with E-state index in [9.17, 15) is 8.42 Å². The van der Waals surface area contributed by atoms with Crippen LogP contribution in [-0.2, 0) is 23.1 Å². The monoisotopic (exact) mass is 467 g/mol. The fraction of sp³-hybridized carbons (Fsp3) is 0.333. The van der Waals surface area contributed by atoms with Gasteiger partial charge in [-0.25, -0.2) is 23.1 Å². The standard InChI is InChI=1S/C24H29N5O3S/c1-16-27-21-22(19-7-5-6-8-20(19)28-23(21)25)29(16)14-24(2,3)15-33(30,31)26-13-17-9-11-18(32-4)12-10-17/h5-12,26H,13-15H2,1-4H3,(H2,25,28). The summed E-state index contributed by atoms with van der Waals surface area (Å²) in [5, 5.41) is 0.943. The number of aryl methyl sites for hydroxylation is 1. The number of ether oxygens (including phenoxy) is 1. The second-order valence-corrected chi connectivity index (χ2v) is 10.9. The normalized spacial score (nSPS) is 12.5. The second kappa shape index (κ2) is 8.64. The largest absolute Gasteiger partial charge is 0.497 e. The van der Waals surface area contributed by atoms with Gasteiger partial charge in [-0.15, -0.1) is 0 Å². The molecule has 0 amide bonds. The molecule has 0 spiro atoms. The summed E-state index contributed by atoms with van der Waals surface area (Å²) in [5.74, 6) is 1.84. The summed E-state index contributed by atoms with van der Waals surface area (Å²) < 4.78 is 35.7. The number of methoxy groups -OCH3 is 1. The van der Waals surface area contributed by atoms with Crippen LogP contribution in [0.15, 0.2) is 48.5 Å². The van der Waals surface area contributed by atoms with Crippen LogP contribution in [-0.4, -0.2) is 35.8 Å². The van der Waals surface area contributed by atoms with Crippen molar-refractivity contribution in [3.05, 3.63) is 59.9 Å². The van der Waals surface area contributed by atoms with Crippen molar-refractivity contribution in [2.75, 3.05) is 18.6 Å². The number of nitrogens with two attached hydrogens (primary N) is 1. The number of benzene rings is 2. The highest BCUT2D eigenvalue weighted by Gasteiger charge is 2.29. The van der Waals surface area contributed by atoms with Crippen molar-refractivity contribution in [2.45, 2.75) is 33.9 Å². The predicted molar refractivity (Wildman–Crippen MR) is 132 cm³/mol. The number of nitrogens with one attached hydrogen (secondary N) is 1. The van der Waals surface area contributed by atoms with Gasteiger partial charge in [-0.1, -0.05) is 44.2 Å². The van der Waals surface area contributed by atoms with Crippen LogP contribution in [0.25, 0.3) is 21.9 Å². The Bertz CT molecular complexity index is 1410. The van der Waals surface area contributed by atoms with Crippen molar-refractivity contribution in [1.29, 1.82) is 0 Å². The Hall–Kier alpha value is -3.17. The van der Waals surface area contributed by atoms with Crippen LogP contribution in [0.2, 0.25) is 0 Å². The maximum Gasteiger partial charge on any atom is 0.212 e. The van der Waals surface area contributed by atoms with E-state index in [0.29, 0.717) is 17.9 Å². The lowest BCUT2D eigenvalue weighted by molar-refractivity contribution is 0.345. The molecule has 0 atom stereocenters. The Morgan fingerprint density at radius 1 is 1.09 bits per heavy atom.